The number of carbonyl (C=O) groups excluding carboxylic acids is 4. The minimum atomic E-state index is -0.857. The van der Waals surface area contributed by atoms with Gasteiger partial charge < -0.3 is 14.8 Å². The SMILES string of the molecule is COc1ccc(N2C(=O)NC(=O)/C(=C\c3ccccc3OCC(=O)Nc3ccc(C)c(C)c3)C2=O)cc1. The van der Waals surface area contributed by atoms with E-state index in [1.807, 2.05) is 32.0 Å². The van der Waals surface area contributed by atoms with E-state index < -0.39 is 17.8 Å². The molecule has 1 heterocycles. The van der Waals surface area contributed by atoms with Gasteiger partial charge in [-0.25, -0.2) is 9.69 Å². The summed E-state index contributed by atoms with van der Waals surface area (Å²) < 4.78 is 10.8. The van der Waals surface area contributed by atoms with Gasteiger partial charge in [0.1, 0.15) is 17.1 Å². The maximum Gasteiger partial charge on any atom is 0.335 e. The number of benzene rings is 3. The molecule has 3 aromatic rings. The summed E-state index contributed by atoms with van der Waals surface area (Å²) in [5, 5.41) is 4.97. The average molecular weight is 500 g/mol. The number of ether oxygens (including phenoxy) is 2. The summed E-state index contributed by atoms with van der Waals surface area (Å²) in [4.78, 5) is 51.5. The fraction of sp³-hybridized carbons (Fsp3) is 0.143. The van der Waals surface area contributed by atoms with Crippen LogP contribution in [0.2, 0.25) is 0 Å². The molecule has 0 saturated carbocycles. The number of aryl methyl sites for hydroxylation is 2. The maximum absolute atomic E-state index is 13.2. The van der Waals surface area contributed by atoms with Crippen LogP contribution < -0.4 is 25.0 Å². The fourth-order valence-electron chi connectivity index (χ4n) is 3.67. The van der Waals surface area contributed by atoms with Crippen molar-refractivity contribution in [2.24, 2.45) is 0 Å². The highest BCUT2D eigenvalue weighted by molar-refractivity contribution is 6.39. The highest BCUT2D eigenvalue weighted by atomic mass is 16.5. The van der Waals surface area contributed by atoms with Gasteiger partial charge in [0.05, 0.1) is 12.8 Å². The number of rotatable bonds is 7. The number of methoxy groups -OCH3 is 1. The highest BCUT2D eigenvalue weighted by Crippen LogP contribution is 2.26. The topological polar surface area (TPSA) is 114 Å². The van der Waals surface area contributed by atoms with E-state index >= 15 is 0 Å². The van der Waals surface area contributed by atoms with Crippen molar-refractivity contribution in [2.45, 2.75) is 13.8 Å². The van der Waals surface area contributed by atoms with Gasteiger partial charge in [-0.05, 0) is 73.5 Å². The Bertz CT molecular complexity index is 1410. The second-order valence-corrected chi connectivity index (χ2v) is 8.33. The third-order valence-corrected chi connectivity index (χ3v) is 5.80. The monoisotopic (exact) mass is 499 g/mol. The van der Waals surface area contributed by atoms with Crippen molar-refractivity contribution >= 4 is 41.2 Å². The van der Waals surface area contributed by atoms with Crippen LogP contribution >= 0.6 is 0 Å². The number of urea groups is 1. The van der Waals surface area contributed by atoms with Crippen LogP contribution in [0.4, 0.5) is 16.2 Å². The predicted octanol–water partition coefficient (Wildman–Crippen LogP) is 4.00. The van der Waals surface area contributed by atoms with E-state index in [0.717, 1.165) is 16.0 Å². The molecule has 3 aromatic carbocycles. The molecule has 0 bridgehead atoms. The van der Waals surface area contributed by atoms with Crippen LogP contribution in [0.3, 0.4) is 0 Å². The van der Waals surface area contributed by atoms with Gasteiger partial charge in [-0.3, -0.25) is 19.7 Å². The van der Waals surface area contributed by atoms with Gasteiger partial charge >= 0.3 is 6.03 Å². The number of hydrogen-bond donors (Lipinski definition) is 2. The zero-order valence-corrected chi connectivity index (χ0v) is 20.5. The van der Waals surface area contributed by atoms with E-state index in [4.69, 9.17) is 9.47 Å². The lowest BCUT2D eigenvalue weighted by molar-refractivity contribution is -0.122. The van der Waals surface area contributed by atoms with Crippen LogP contribution in [-0.2, 0) is 14.4 Å². The van der Waals surface area contributed by atoms with Crippen LogP contribution in [0.25, 0.3) is 6.08 Å². The minimum absolute atomic E-state index is 0.258. The average Bonchev–Trinajstić information content (AvgIpc) is 2.88. The van der Waals surface area contributed by atoms with Crippen molar-refractivity contribution in [3.05, 3.63) is 89.0 Å². The predicted molar refractivity (Wildman–Crippen MR) is 138 cm³/mol. The Balaban J connectivity index is 1.53. The molecule has 37 heavy (non-hydrogen) atoms. The summed E-state index contributed by atoms with van der Waals surface area (Å²) in [7, 11) is 1.50. The Morgan fingerprint density at radius 1 is 0.973 bits per heavy atom. The molecule has 0 spiro atoms. The Morgan fingerprint density at radius 2 is 1.70 bits per heavy atom. The molecule has 1 fully saturated rings. The zero-order valence-electron chi connectivity index (χ0n) is 20.5. The number of nitrogens with one attached hydrogen (secondary N) is 2. The molecule has 0 atom stereocenters. The van der Waals surface area contributed by atoms with Crippen LogP contribution in [0.5, 0.6) is 11.5 Å². The number of amides is 5. The number of para-hydroxylation sites is 1. The summed E-state index contributed by atoms with van der Waals surface area (Å²) in [6.07, 6.45) is 1.33. The molecule has 1 saturated heterocycles. The van der Waals surface area contributed by atoms with Crippen molar-refractivity contribution < 1.29 is 28.7 Å². The molecule has 9 heteroatoms. The highest BCUT2D eigenvalue weighted by Gasteiger charge is 2.37. The van der Waals surface area contributed by atoms with E-state index in [1.165, 1.54) is 25.3 Å². The van der Waals surface area contributed by atoms with Crippen molar-refractivity contribution in [1.29, 1.82) is 0 Å². The van der Waals surface area contributed by atoms with Crippen LogP contribution in [0, 0.1) is 13.8 Å². The summed E-state index contributed by atoms with van der Waals surface area (Å²) >= 11 is 0. The molecule has 9 nitrogen and oxygen atoms in total. The first kappa shape index (κ1) is 25.2. The Hall–Kier alpha value is -4.92. The van der Waals surface area contributed by atoms with Gasteiger partial charge in [0.25, 0.3) is 17.7 Å². The summed E-state index contributed by atoms with van der Waals surface area (Å²) in [5.41, 5.74) is 3.22. The number of imide groups is 2. The standard InChI is InChI=1S/C28H25N3O6/c1-17-8-9-20(14-18(17)2)29-25(32)16-37-24-7-5-4-6-19(24)15-23-26(33)30-28(35)31(27(23)34)21-10-12-22(36-3)13-11-21/h4-15H,16H2,1-3H3,(H,29,32)(H,30,33,35)/b23-15+. The molecule has 0 aromatic heterocycles. The quantitative estimate of drug-likeness (QED) is 0.375. The Morgan fingerprint density at radius 3 is 2.41 bits per heavy atom. The van der Waals surface area contributed by atoms with Crippen LogP contribution in [0.1, 0.15) is 16.7 Å². The zero-order chi connectivity index (χ0) is 26.5. The molecule has 188 valence electrons. The largest absolute Gasteiger partial charge is 0.497 e. The van der Waals surface area contributed by atoms with Gasteiger partial charge in [-0.2, -0.15) is 0 Å². The first-order chi connectivity index (χ1) is 17.8. The second kappa shape index (κ2) is 10.8. The molecule has 2 N–H and O–H groups in total. The van der Waals surface area contributed by atoms with E-state index in [-0.39, 0.29) is 23.8 Å². The van der Waals surface area contributed by atoms with Crippen molar-refractivity contribution in [2.75, 3.05) is 23.9 Å². The first-order valence-corrected chi connectivity index (χ1v) is 11.4. The lowest BCUT2D eigenvalue weighted by atomic mass is 10.1. The maximum atomic E-state index is 13.2. The van der Waals surface area contributed by atoms with Crippen molar-refractivity contribution in [3.63, 3.8) is 0 Å². The smallest absolute Gasteiger partial charge is 0.335 e. The first-order valence-electron chi connectivity index (χ1n) is 11.4. The van der Waals surface area contributed by atoms with Gasteiger partial charge in [0.15, 0.2) is 6.61 Å². The Labute approximate surface area is 213 Å². The van der Waals surface area contributed by atoms with Crippen LogP contribution in [0.15, 0.2) is 72.3 Å². The number of anilines is 2. The number of carbonyl (C=O) groups is 4. The van der Waals surface area contributed by atoms with E-state index in [0.29, 0.717) is 22.7 Å². The lowest BCUT2D eigenvalue weighted by Crippen LogP contribution is -2.54. The van der Waals surface area contributed by atoms with E-state index in [1.54, 1.807) is 36.4 Å². The molecule has 4 rings (SSSR count). The molecular formula is C28H25N3O6. The molecule has 1 aliphatic rings. The normalized spacial score (nSPS) is 14.4. The number of hydrogen-bond acceptors (Lipinski definition) is 6. The lowest BCUT2D eigenvalue weighted by Gasteiger charge is -2.26. The number of barbiturate groups is 1. The van der Waals surface area contributed by atoms with Crippen molar-refractivity contribution in [1.82, 2.24) is 5.32 Å². The second-order valence-electron chi connectivity index (χ2n) is 8.33. The summed E-state index contributed by atoms with van der Waals surface area (Å²) in [6, 6.07) is 17.7. The molecule has 0 unspecified atom stereocenters. The van der Waals surface area contributed by atoms with Gasteiger partial charge in [0, 0.05) is 11.3 Å². The van der Waals surface area contributed by atoms with Crippen LogP contribution in [-0.4, -0.2) is 37.5 Å². The van der Waals surface area contributed by atoms with Gasteiger partial charge in [-0.15, -0.1) is 0 Å². The third-order valence-electron chi connectivity index (χ3n) is 5.80. The molecule has 0 radical (unpaired) electrons. The molecule has 5 amide bonds. The van der Waals surface area contributed by atoms with Crippen molar-refractivity contribution in [3.8, 4) is 11.5 Å². The summed E-state index contributed by atoms with van der Waals surface area (Å²) in [5.74, 6) is -1.15. The molecule has 0 aliphatic carbocycles. The molecular weight excluding hydrogens is 474 g/mol. The minimum Gasteiger partial charge on any atom is -0.497 e. The fourth-order valence-corrected chi connectivity index (χ4v) is 3.67. The molecule has 1 aliphatic heterocycles. The van der Waals surface area contributed by atoms with Gasteiger partial charge in [0.2, 0.25) is 0 Å². The summed E-state index contributed by atoms with van der Waals surface area (Å²) in [6.45, 7) is 3.65. The third kappa shape index (κ3) is 5.67. The van der Waals surface area contributed by atoms with E-state index in [2.05, 4.69) is 10.6 Å². The number of nitrogens with zero attached hydrogens (tertiary/aromatic N) is 1. The van der Waals surface area contributed by atoms with Gasteiger partial charge in [-0.1, -0.05) is 24.3 Å². The Kier molecular flexibility index (Phi) is 7.34. The van der Waals surface area contributed by atoms with E-state index in [9.17, 15) is 19.2 Å².